The van der Waals surface area contributed by atoms with Gasteiger partial charge in [0.25, 0.3) is 0 Å². The standard InChI is InChI=1S/C16H16ClN3/c1-11(13-3-7-15(17)8-4-13)19-20-12(2)14-5-9-16(18)10-6-14/h3-10H,18H2,1-2H3. The lowest BCUT2D eigenvalue weighted by atomic mass is 10.1. The fourth-order valence-corrected chi connectivity index (χ4v) is 1.81. The molecule has 0 saturated carbocycles. The van der Waals surface area contributed by atoms with Crippen molar-refractivity contribution in [3.63, 3.8) is 0 Å². The molecule has 0 radical (unpaired) electrons. The summed E-state index contributed by atoms with van der Waals surface area (Å²) in [5.74, 6) is 0. The first-order chi connectivity index (χ1) is 9.56. The Hall–Kier alpha value is -2.13. The van der Waals surface area contributed by atoms with Gasteiger partial charge in [-0.2, -0.15) is 10.2 Å². The molecule has 4 heteroatoms. The van der Waals surface area contributed by atoms with Crippen LogP contribution in [0.5, 0.6) is 0 Å². The van der Waals surface area contributed by atoms with E-state index in [1.165, 1.54) is 0 Å². The SMILES string of the molecule is CC(=NN=C(C)c1ccc(Cl)cc1)c1ccc(N)cc1. The molecule has 2 aromatic rings. The van der Waals surface area contributed by atoms with Crippen LogP contribution in [0, 0.1) is 0 Å². The second-order valence-electron chi connectivity index (χ2n) is 4.50. The van der Waals surface area contributed by atoms with Gasteiger partial charge in [0.15, 0.2) is 0 Å². The fraction of sp³-hybridized carbons (Fsp3) is 0.125. The Morgan fingerprint density at radius 1 is 0.800 bits per heavy atom. The van der Waals surface area contributed by atoms with Crippen LogP contribution in [0.2, 0.25) is 5.02 Å². The predicted octanol–water partition coefficient (Wildman–Crippen LogP) is 4.16. The van der Waals surface area contributed by atoms with E-state index < -0.39 is 0 Å². The van der Waals surface area contributed by atoms with Crippen molar-refractivity contribution in [1.82, 2.24) is 0 Å². The minimum absolute atomic E-state index is 0.711. The summed E-state index contributed by atoms with van der Waals surface area (Å²) in [6, 6.07) is 15.1. The average molecular weight is 286 g/mol. The zero-order valence-electron chi connectivity index (χ0n) is 11.5. The summed E-state index contributed by atoms with van der Waals surface area (Å²) in [6.45, 7) is 3.84. The average Bonchev–Trinajstić information content (AvgIpc) is 2.46. The largest absolute Gasteiger partial charge is 0.399 e. The molecule has 0 fully saturated rings. The Bertz CT molecular complexity index is 581. The minimum Gasteiger partial charge on any atom is -0.399 e. The van der Waals surface area contributed by atoms with E-state index in [1.54, 1.807) is 0 Å². The van der Waals surface area contributed by atoms with Gasteiger partial charge in [-0.3, -0.25) is 0 Å². The first kappa shape index (κ1) is 14.3. The van der Waals surface area contributed by atoms with Crippen LogP contribution in [-0.2, 0) is 0 Å². The number of rotatable bonds is 3. The van der Waals surface area contributed by atoms with Gasteiger partial charge in [0.1, 0.15) is 0 Å². The molecule has 3 nitrogen and oxygen atoms in total. The van der Waals surface area contributed by atoms with Crippen LogP contribution < -0.4 is 5.73 Å². The number of anilines is 1. The van der Waals surface area contributed by atoms with E-state index in [4.69, 9.17) is 17.3 Å². The molecule has 0 aromatic heterocycles. The van der Waals surface area contributed by atoms with Gasteiger partial charge in [0.2, 0.25) is 0 Å². The summed E-state index contributed by atoms with van der Waals surface area (Å²) in [5.41, 5.74) is 10.1. The van der Waals surface area contributed by atoms with Gasteiger partial charge in [0.05, 0.1) is 11.4 Å². The third kappa shape index (κ3) is 3.68. The van der Waals surface area contributed by atoms with Crippen molar-refractivity contribution in [2.75, 3.05) is 5.73 Å². The lowest BCUT2D eigenvalue weighted by molar-refractivity contribution is 1.22. The predicted molar refractivity (Wildman–Crippen MR) is 86.7 cm³/mol. The molecule has 0 heterocycles. The number of hydrogen-bond acceptors (Lipinski definition) is 3. The lowest BCUT2D eigenvalue weighted by Gasteiger charge is -2.01. The molecule has 0 aliphatic heterocycles. The molecule has 0 spiro atoms. The lowest BCUT2D eigenvalue weighted by Crippen LogP contribution is -1.97. The van der Waals surface area contributed by atoms with Crippen LogP contribution >= 0.6 is 11.6 Å². The third-order valence-electron chi connectivity index (χ3n) is 2.94. The van der Waals surface area contributed by atoms with E-state index in [0.717, 1.165) is 28.2 Å². The van der Waals surface area contributed by atoms with Crippen molar-refractivity contribution < 1.29 is 0 Å². The molecule has 2 rings (SSSR count). The van der Waals surface area contributed by atoms with Crippen molar-refractivity contribution in [2.24, 2.45) is 10.2 Å². The molecule has 0 bridgehead atoms. The van der Waals surface area contributed by atoms with Crippen LogP contribution in [0.1, 0.15) is 25.0 Å². The maximum atomic E-state index is 5.86. The van der Waals surface area contributed by atoms with E-state index in [2.05, 4.69) is 10.2 Å². The first-order valence-corrected chi connectivity index (χ1v) is 6.65. The summed E-state index contributed by atoms with van der Waals surface area (Å²) in [7, 11) is 0. The molecule has 0 unspecified atom stereocenters. The van der Waals surface area contributed by atoms with Gasteiger partial charge in [0, 0.05) is 10.7 Å². The first-order valence-electron chi connectivity index (χ1n) is 6.27. The topological polar surface area (TPSA) is 50.7 Å². The normalized spacial score (nSPS) is 12.6. The fourth-order valence-electron chi connectivity index (χ4n) is 1.68. The van der Waals surface area contributed by atoms with Crippen LogP contribution in [0.15, 0.2) is 58.7 Å². The molecule has 0 aliphatic carbocycles. The summed E-state index contributed by atoms with van der Waals surface area (Å²) in [6.07, 6.45) is 0. The second-order valence-corrected chi connectivity index (χ2v) is 4.94. The molecular formula is C16H16ClN3. The Labute approximate surface area is 123 Å². The van der Waals surface area contributed by atoms with Gasteiger partial charge in [-0.15, -0.1) is 0 Å². The maximum Gasteiger partial charge on any atom is 0.0671 e. The number of nitrogens with zero attached hydrogens (tertiary/aromatic N) is 2. The monoisotopic (exact) mass is 285 g/mol. The molecule has 0 atom stereocenters. The van der Waals surface area contributed by atoms with E-state index >= 15 is 0 Å². The molecule has 102 valence electrons. The van der Waals surface area contributed by atoms with Crippen molar-refractivity contribution in [1.29, 1.82) is 0 Å². The third-order valence-corrected chi connectivity index (χ3v) is 3.19. The number of nitrogen functional groups attached to an aromatic ring is 1. The van der Waals surface area contributed by atoms with E-state index in [-0.39, 0.29) is 0 Å². The highest BCUT2D eigenvalue weighted by atomic mass is 35.5. The Balaban J connectivity index is 2.19. The molecule has 2 N–H and O–H groups in total. The Morgan fingerprint density at radius 2 is 1.20 bits per heavy atom. The number of benzene rings is 2. The highest BCUT2D eigenvalue weighted by Crippen LogP contribution is 2.11. The Morgan fingerprint density at radius 3 is 1.65 bits per heavy atom. The van der Waals surface area contributed by atoms with Crippen molar-refractivity contribution >= 4 is 28.7 Å². The minimum atomic E-state index is 0.711. The van der Waals surface area contributed by atoms with E-state index in [1.807, 2.05) is 62.4 Å². The van der Waals surface area contributed by atoms with Crippen LogP contribution in [-0.4, -0.2) is 11.4 Å². The van der Waals surface area contributed by atoms with Crippen molar-refractivity contribution in [3.8, 4) is 0 Å². The smallest absolute Gasteiger partial charge is 0.0671 e. The van der Waals surface area contributed by atoms with Gasteiger partial charge >= 0.3 is 0 Å². The zero-order valence-corrected chi connectivity index (χ0v) is 12.2. The van der Waals surface area contributed by atoms with Gasteiger partial charge in [-0.05, 0) is 49.2 Å². The zero-order chi connectivity index (χ0) is 14.5. The highest BCUT2D eigenvalue weighted by molar-refractivity contribution is 6.30. The molecule has 0 amide bonds. The number of nitrogens with two attached hydrogens (primary N) is 1. The molecule has 0 aliphatic rings. The molecule has 2 aromatic carbocycles. The quantitative estimate of drug-likeness (QED) is 0.514. The van der Waals surface area contributed by atoms with Crippen molar-refractivity contribution in [3.05, 3.63) is 64.7 Å². The van der Waals surface area contributed by atoms with Gasteiger partial charge in [-0.1, -0.05) is 35.9 Å². The van der Waals surface area contributed by atoms with Crippen molar-refractivity contribution in [2.45, 2.75) is 13.8 Å². The molecular weight excluding hydrogens is 270 g/mol. The maximum absolute atomic E-state index is 5.86. The van der Waals surface area contributed by atoms with Crippen LogP contribution in [0.4, 0.5) is 5.69 Å². The van der Waals surface area contributed by atoms with E-state index in [9.17, 15) is 0 Å². The highest BCUT2D eigenvalue weighted by Gasteiger charge is 1.99. The van der Waals surface area contributed by atoms with Crippen LogP contribution in [0.3, 0.4) is 0 Å². The molecule has 20 heavy (non-hydrogen) atoms. The second kappa shape index (κ2) is 6.35. The summed E-state index contributed by atoms with van der Waals surface area (Å²) < 4.78 is 0. The summed E-state index contributed by atoms with van der Waals surface area (Å²) in [5, 5.41) is 9.22. The molecule has 0 saturated heterocycles. The van der Waals surface area contributed by atoms with Crippen LogP contribution in [0.25, 0.3) is 0 Å². The summed E-state index contributed by atoms with van der Waals surface area (Å²) >= 11 is 5.86. The van der Waals surface area contributed by atoms with E-state index in [0.29, 0.717) is 5.02 Å². The number of hydrogen-bond donors (Lipinski definition) is 1. The Kier molecular flexibility index (Phi) is 4.53. The summed E-state index contributed by atoms with van der Waals surface area (Å²) in [4.78, 5) is 0. The van der Waals surface area contributed by atoms with Gasteiger partial charge in [-0.25, -0.2) is 0 Å². The van der Waals surface area contributed by atoms with Gasteiger partial charge < -0.3 is 5.73 Å². The number of halogens is 1.